The Morgan fingerprint density at radius 3 is 2.13 bits per heavy atom. The monoisotopic (exact) mass is 221 g/mol. The zero-order valence-electron chi connectivity index (χ0n) is 7.62. The molecule has 0 spiro atoms. The molecule has 0 heterocycles. The first kappa shape index (κ1) is 12.0. The number of halogens is 3. The smallest absolute Gasteiger partial charge is 0.161 e. The molecule has 6 heteroatoms. The van der Waals surface area contributed by atoms with E-state index in [1.165, 1.54) is 0 Å². The molecule has 0 aliphatic rings. The highest BCUT2D eigenvalue weighted by Crippen LogP contribution is 2.22. The Hall–Kier alpha value is -1.11. The fourth-order valence-corrected chi connectivity index (χ4v) is 1.10. The van der Waals surface area contributed by atoms with Crippen molar-refractivity contribution in [2.45, 2.75) is 12.2 Å². The molecular formula is C9H10F3NO2. The Balaban J connectivity index is 3.09. The van der Waals surface area contributed by atoms with Gasteiger partial charge < -0.3 is 15.9 Å². The highest BCUT2D eigenvalue weighted by Gasteiger charge is 2.22. The lowest BCUT2D eigenvalue weighted by molar-refractivity contribution is 0.0219. The number of hydrogen-bond acceptors (Lipinski definition) is 3. The van der Waals surface area contributed by atoms with Crippen molar-refractivity contribution in [3.8, 4) is 0 Å². The summed E-state index contributed by atoms with van der Waals surface area (Å²) in [6, 6.07) is 0.797. The van der Waals surface area contributed by atoms with Crippen LogP contribution in [0.2, 0.25) is 0 Å². The summed E-state index contributed by atoms with van der Waals surface area (Å²) >= 11 is 0. The van der Waals surface area contributed by atoms with Crippen molar-refractivity contribution in [1.29, 1.82) is 0 Å². The van der Waals surface area contributed by atoms with Gasteiger partial charge >= 0.3 is 0 Å². The number of aliphatic hydroxyl groups excluding tert-OH is 2. The summed E-state index contributed by atoms with van der Waals surface area (Å²) in [5.74, 6) is -3.78. The molecule has 0 fully saturated rings. The zero-order valence-corrected chi connectivity index (χ0v) is 7.62. The molecule has 3 nitrogen and oxygen atoms in total. The lowest BCUT2D eigenvalue weighted by Gasteiger charge is -2.17. The Morgan fingerprint density at radius 1 is 1.07 bits per heavy atom. The summed E-state index contributed by atoms with van der Waals surface area (Å²) in [5, 5.41) is 18.4. The maximum Gasteiger partial charge on any atom is 0.161 e. The Bertz CT molecular complexity index is 359. The van der Waals surface area contributed by atoms with E-state index in [-0.39, 0.29) is 6.54 Å². The molecule has 84 valence electrons. The average molecular weight is 221 g/mol. The SMILES string of the molecule is NCC(O)C(O)c1cc(F)c(F)cc1F. The van der Waals surface area contributed by atoms with E-state index in [1.54, 1.807) is 0 Å². The molecule has 0 bridgehead atoms. The number of aliphatic hydroxyl groups is 2. The second kappa shape index (κ2) is 4.61. The van der Waals surface area contributed by atoms with Gasteiger partial charge in [0.05, 0.1) is 6.10 Å². The summed E-state index contributed by atoms with van der Waals surface area (Å²) in [7, 11) is 0. The minimum atomic E-state index is -1.68. The third-order valence-corrected chi connectivity index (χ3v) is 1.96. The molecule has 0 aromatic heterocycles. The minimum Gasteiger partial charge on any atom is -0.389 e. The van der Waals surface area contributed by atoms with Crippen LogP contribution in [0.3, 0.4) is 0 Å². The molecule has 0 amide bonds. The van der Waals surface area contributed by atoms with Crippen molar-refractivity contribution >= 4 is 0 Å². The van der Waals surface area contributed by atoms with Crippen LogP contribution in [0.25, 0.3) is 0 Å². The normalized spacial score (nSPS) is 15.1. The van der Waals surface area contributed by atoms with E-state index in [0.29, 0.717) is 12.1 Å². The van der Waals surface area contributed by atoms with Crippen LogP contribution >= 0.6 is 0 Å². The molecule has 1 aromatic carbocycles. The molecule has 0 saturated heterocycles. The third kappa shape index (κ3) is 2.47. The van der Waals surface area contributed by atoms with Gasteiger partial charge in [-0.1, -0.05) is 0 Å². The van der Waals surface area contributed by atoms with Crippen LogP contribution in [0.5, 0.6) is 0 Å². The van der Waals surface area contributed by atoms with Crippen molar-refractivity contribution in [1.82, 2.24) is 0 Å². The zero-order chi connectivity index (χ0) is 11.6. The van der Waals surface area contributed by atoms with Crippen molar-refractivity contribution in [2.24, 2.45) is 5.73 Å². The number of nitrogens with two attached hydrogens (primary N) is 1. The second-order valence-electron chi connectivity index (χ2n) is 3.04. The van der Waals surface area contributed by atoms with Crippen molar-refractivity contribution in [3.63, 3.8) is 0 Å². The van der Waals surface area contributed by atoms with Gasteiger partial charge in [0.2, 0.25) is 0 Å². The molecule has 2 unspecified atom stereocenters. The van der Waals surface area contributed by atoms with Crippen LogP contribution in [0.1, 0.15) is 11.7 Å². The number of hydrogen-bond donors (Lipinski definition) is 3. The molecule has 0 aliphatic carbocycles. The molecule has 1 rings (SSSR count). The Morgan fingerprint density at radius 2 is 1.60 bits per heavy atom. The predicted molar refractivity (Wildman–Crippen MR) is 46.3 cm³/mol. The molecule has 0 aliphatic heterocycles. The van der Waals surface area contributed by atoms with Crippen LogP contribution in [0.4, 0.5) is 13.2 Å². The van der Waals surface area contributed by atoms with Crippen molar-refractivity contribution in [2.75, 3.05) is 6.54 Å². The van der Waals surface area contributed by atoms with E-state index in [4.69, 9.17) is 10.8 Å². The highest BCUT2D eigenvalue weighted by molar-refractivity contribution is 5.23. The lowest BCUT2D eigenvalue weighted by atomic mass is 10.0. The van der Waals surface area contributed by atoms with Gasteiger partial charge in [0.15, 0.2) is 11.6 Å². The van der Waals surface area contributed by atoms with Crippen LogP contribution < -0.4 is 5.73 Å². The standard InChI is InChI=1S/C9H10F3NO2/c10-5-2-7(12)6(11)1-4(5)9(15)8(14)3-13/h1-2,8-9,14-15H,3,13H2. The largest absolute Gasteiger partial charge is 0.389 e. The quantitative estimate of drug-likeness (QED) is 0.649. The van der Waals surface area contributed by atoms with Crippen molar-refractivity contribution < 1.29 is 23.4 Å². The lowest BCUT2D eigenvalue weighted by Crippen LogP contribution is -2.27. The Labute approximate surface area is 84.0 Å². The molecular weight excluding hydrogens is 211 g/mol. The minimum absolute atomic E-state index is 0.303. The fraction of sp³-hybridized carbons (Fsp3) is 0.333. The van der Waals surface area contributed by atoms with Crippen LogP contribution in [0.15, 0.2) is 12.1 Å². The number of benzene rings is 1. The fourth-order valence-electron chi connectivity index (χ4n) is 1.10. The van der Waals surface area contributed by atoms with Gasteiger partial charge in [-0.15, -0.1) is 0 Å². The first-order valence-electron chi connectivity index (χ1n) is 4.18. The topological polar surface area (TPSA) is 66.5 Å². The maximum absolute atomic E-state index is 13.1. The molecule has 4 N–H and O–H groups in total. The van der Waals surface area contributed by atoms with Gasteiger partial charge in [-0.05, 0) is 6.07 Å². The van der Waals surface area contributed by atoms with Crippen LogP contribution in [0, 0.1) is 17.5 Å². The van der Waals surface area contributed by atoms with Crippen molar-refractivity contribution in [3.05, 3.63) is 35.1 Å². The van der Waals surface area contributed by atoms with Gasteiger partial charge in [-0.3, -0.25) is 0 Å². The van der Waals surface area contributed by atoms with Gasteiger partial charge in [0, 0.05) is 18.2 Å². The van der Waals surface area contributed by atoms with Gasteiger partial charge in [-0.2, -0.15) is 0 Å². The summed E-state index contributed by atoms with van der Waals surface area (Å²) < 4.78 is 38.3. The molecule has 0 saturated carbocycles. The number of rotatable bonds is 3. The van der Waals surface area contributed by atoms with E-state index in [1.807, 2.05) is 0 Å². The average Bonchev–Trinajstić information content (AvgIpc) is 2.21. The Kier molecular flexibility index (Phi) is 3.67. The van der Waals surface area contributed by atoms with E-state index >= 15 is 0 Å². The molecule has 1 aromatic rings. The van der Waals surface area contributed by atoms with Gasteiger partial charge in [0.1, 0.15) is 11.9 Å². The van der Waals surface area contributed by atoms with Gasteiger partial charge in [0.25, 0.3) is 0 Å². The second-order valence-corrected chi connectivity index (χ2v) is 3.04. The summed E-state index contributed by atoms with van der Waals surface area (Å²) in [5.41, 5.74) is 4.51. The maximum atomic E-state index is 13.1. The van der Waals surface area contributed by atoms with Crippen LogP contribution in [-0.4, -0.2) is 22.9 Å². The van der Waals surface area contributed by atoms with E-state index in [2.05, 4.69) is 0 Å². The van der Waals surface area contributed by atoms with E-state index in [0.717, 1.165) is 0 Å². The first-order valence-corrected chi connectivity index (χ1v) is 4.18. The van der Waals surface area contributed by atoms with E-state index < -0.39 is 35.2 Å². The first-order chi connectivity index (χ1) is 6.97. The summed E-state index contributed by atoms with van der Waals surface area (Å²) in [6.45, 7) is -0.320. The summed E-state index contributed by atoms with van der Waals surface area (Å²) in [4.78, 5) is 0. The van der Waals surface area contributed by atoms with E-state index in [9.17, 15) is 18.3 Å². The van der Waals surface area contributed by atoms with Gasteiger partial charge in [-0.25, -0.2) is 13.2 Å². The molecule has 15 heavy (non-hydrogen) atoms. The molecule has 0 radical (unpaired) electrons. The molecule has 2 atom stereocenters. The third-order valence-electron chi connectivity index (χ3n) is 1.96. The highest BCUT2D eigenvalue weighted by atomic mass is 19.2. The predicted octanol–water partition coefficient (Wildman–Crippen LogP) is 0.457. The summed E-state index contributed by atoms with van der Waals surface area (Å²) in [6.07, 6.45) is -3.10. The van der Waals surface area contributed by atoms with Crippen LogP contribution in [-0.2, 0) is 0 Å².